The van der Waals surface area contributed by atoms with Gasteiger partial charge < -0.3 is 14.1 Å². The van der Waals surface area contributed by atoms with Crippen molar-refractivity contribution in [2.45, 2.75) is 32.2 Å². The van der Waals surface area contributed by atoms with Gasteiger partial charge in [-0.15, -0.1) is 0 Å². The Bertz CT molecular complexity index is 742. The van der Waals surface area contributed by atoms with Gasteiger partial charge in [-0.3, -0.25) is 9.89 Å². The molecule has 0 unspecified atom stereocenters. The van der Waals surface area contributed by atoms with Gasteiger partial charge in [-0.2, -0.15) is 5.10 Å². The Labute approximate surface area is 133 Å². The molecule has 0 bridgehead atoms. The van der Waals surface area contributed by atoms with Crippen LogP contribution in [-0.2, 0) is 11.3 Å². The quantitative estimate of drug-likeness (QED) is 0.854. The number of amides is 1. The third-order valence-corrected chi connectivity index (χ3v) is 4.00. The smallest absolute Gasteiger partial charge is 0.341 e. The summed E-state index contributed by atoms with van der Waals surface area (Å²) in [5.74, 6) is 0.873. The van der Waals surface area contributed by atoms with Gasteiger partial charge in [-0.1, -0.05) is 0 Å². The summed E-state index contributed by atoms with van der Waals surface area (Å²) in [6, 6.07) is 1.61. The number of nitrogens with zero attached hydrogens (tertiary/aromatic N) is 2. The molecular weight excluding hydrogens is 298 g/mol. The lowest BCUT2D eigenvalue weighted by molar-refractivity contribution is 0.0598. The molecule has 1 saturated carbocycles. The Morgan fingerprint density at radius 2 is 2.17 bits per heavy atom. The van der Waals surface area contributed by atoms with Crippen LogP contribution in [0.5, 0.6) is 0 Å². The molecule has 122 valence electrons. The molecule has 0 radical (unpaired) electrons. The van der Waals surface area contributed by atoms with Crippen molar-refractivity contribution in [2.24, 2.45) is 0 Å². The number of aryl methyl sites for hydroxylation is 1. The highest BCUT2D eigenvalue weighted by Gasteiger charge is 2.31. The van der Waals surface area contributed by atoms with Crippen LogP contribution in [0, 0.1) is 6.92 Å². The zero-order chi connectivity index (χ0) is 16.6. The lowest BCUT2D eigenvalue weighted by Crippen LogP contribution is -2.26. The van der Waals surface area contributed by atoms with E-state index in [0.717, 1.165) is 18.5 Å². The maximum absolute atomic E-state index is 12.6. The number of esters is 1. The van der Waals surface area contributed by atoms with Gasteiger partial charge in [0.2, 0.25) is 0 Å². The first-order chi connectivity index (χ1) is 11.0. The van der Waals surface area contributed by atoms with E-state index >= 15 is 0 Å². The molecule has 0 saturated heterocycles. The average molecular weight is 317 g/mol. The zero-order valence-electron chi connectivity index (χ0n) is 13.4. The predicted molar refractivity (Wildman–Crippen MR) is 81.1 cm³/mol. The first-order valence-electron chi connectivity index (χ1n) is 7.47. The molecule has 1 aliphatic carbocycles. The Kier molecular flexibility index (Phi) is 3.94. The summed E-state index contributed by atoms with van der Waals surface area (Å²) in [6.45, 7) is 1.96. The molecule has 0 aromatic carbocycles. The van der Waals surface area contributed by atoms with Crippen molar-refractivity contribution in [2.75, 3.05) is 14.2 Å². The number of methoxy groups -OCH3 is 1. The van der Waals surface area contributed by atoms with Gasteiger partial charge in [0.15, 0.2) is 0 Å². The van der Waals surface area contributed by atoms with Crippen molar-refractivity contribution in [3.8, 4) is 0 Å². The molecule has 7 heteroatoms. The zero-order valence-corrected chi connectivity index (χ0v) is 13.4. The van der Waals surface area contributed by atoms with Gasteiger partial charge in [0.05, 0.1) is 31.1 Å². The number of carbonyl (C=O) groups excluding carboxylic acids is 2. The molecule has 23 heavy (non-hydrogen) atoms. The fourth-order valence-corrected chi connectivity index (χ4v) is 2.60. The van der Waals surface area contributed by atoms with Crippen molar-refractivity contribution >= 4 is 11.9 Å². The van der Waals surface area contributed by atoms with Crippen molar-refractivity contribution in [3.63, 3.8) is 0 Å². The SMILES string of the molecule is COC(=O)c1cc(CN(C)C(=O)c2cn[nH]c2C2CC2)oc1C. The second kappa shape index (κ2) is 5.91. The van der Waals surface area contributed by atoms with Crippen LogP contribution in [0.25, 0.3) is 0 Å². The van der Waals surface area contributed by atoms with Crippen molar-refractivity contribution in [1.82, 2.24) is 15.1 Å². The van der Waals surface area contributed by atoms with Crippen LogP contribution in [0.1, 0.15) is 56.7 Å². The van der Waals surface area contributed by atoms with E-state index < -0.39 is 5.97 Å². The van der Waals surface area contributed by atoms with Gasteiger partial charge >= 0.3 is 5.97 Å². The highest BCUT2D eigenvalue weighted by atomic mass is 16.5. The van der Waals surface area contributed by atoms with E-state index in [2.05, 4.69) is 10.2 Å². The molecule has 0 spiro atoms. The molecule has 1 fully saturated rings. The highest BCUT2D eigenvalue weighted by Crippen LogP contribution is 2.40. The number of H-pyrrole nitrogens is 1. The van der Waals surface area contributed by atoms with Gasteiger partial charge in [0.25, 0.3) is 5.91 Å². The standard InChI is InChI=1S/C16H19N3O4/c1-9-12(16(21)22-3)6-11(23-9)8-19(2)15(20)13-7-17-18-14(13)10-4-5-10/h6-7,10H,4-5,8H2,1-3H3,(H,17,18). The first-order valence-corrected chi connectivity index (χ1v) is 7.47. The number of carbonyl (C=O) groups is 2. The number of aromatic nitrogens is 2. The summed E-state index contributed by atoms with van der Waals surface area (Å²) in [7, 11) is 3.02. The summed E-state index contributed by atoms with van der Waals surface area (Å²) in [4.78, 5) is 25.7. The predicted octanol–water partition coefficient (Wildman–Crippen LogP) is 2.25. The number of ether oxygens (including phenoxy) is 1. The third-order valence-electron chi connectivity index (χ3n) is 4.00. The minimum Gasteiger partial charge on any atom is -0.465 e. The summed E-state index contributed by atoms with van der Waals surface area (Å²) in [5, 5.41) is 6.91. The van der Waals surface area contributed by atoms with Gasteiger partial charge in [0.1, 0.15) is 17.1 Å². The fourth-order valence-electron chi connectivity index (χ4n) is 2.60. The van der Waals surface area contributed by atoms with E-state index in [1.807, 2.05) is 0 Å². The Morgan fingerprint density at radius 3 is 2.83 bits per heavy atom. The van der Waals surface area contributed by atoms with Crippen molar-refractivity contribution < 1.29 is 18.7 Å². The highest BCUT2D eigenvalue weighted by molar-refractivity contribution is 5.95. The van der Waals surface area contributed by atoms with Crippen LogP contribution in [0.15, 0.2) is 16.7 Å². The third kappa shape index (κ3) is 2.99. The first kappa shape index (κ1) is 15.3. The Balaban J connectivity index is 1.73. The van der Waals surface area contributed by atoms with Gasteiger partial charge in [0, 0.05) is 13.0 Å². The van der Waals surface area contributed by atoms with E-state index in [1.165, 1.54) is 7.11 Å². The van der Waals surface area contributed by atoms with Crippen LogP contribution >= 0.6 is 0 Å². The normalized spacial score (nSPS) is 13.9. The van der Waals surface area contributed by atoms with Crippen LogP contribution in [-0.4, -0.2) is 41.1 Å². The van der Waals surface area contributed by atoms with Crippen LogP contribution in [0.2, 0.25) is 0 Å². The van der Waals surface area contributed by atoms with E-state index in [1.54, 1.807) is 31.1 Å². The van der Waals surface area contributed by atoms with Gasteiger partial charge in [-0.05, 0) is 25.8 Å². The lowest BCUT2D eigenvalue weighted by Gasteiger charge is -2.15. The molecule has 0 atom stereocenters. The molecule has 2 aromatic heterocycles. The number of furan rings is 1. The minimum atomic E-state index is -0.447. The Hall–Kier alpha value is -2.57. The molecule has 1 amide bonds. The Morgan fingerprint density at radius 1 is 1.43 bits per heavy atom. The molecule has 0 aliphatic heterocycles. The minimum absolute atomic E-state index is 0.116. The van der Waals surface area contributed by atoms with E-state index in [0.29, 0.717) is 28.6 Å². The van der Waals surface area contributed by atoms with Crippen LogP contribution in [0.4, 0.5) is 0 Å². The van der Waals surface area contributed by atoms with Crippen LogP contribution < -0.4 is 0 Å². The van der Waals surface area contributed by atoms with E-state index in [4.69, 9.17) is 9.15 Å². The second-order valence-electron chi connectivity index (χ2n) is 5.81. The molecule has 3 rings (SSSR count). The molecule has 2 heterocycles. The van der Waals surface area contributed by atoms with E-state index in [-0.39, 0.29) is 12.5 Å². The van der Waals surface area contributed by atoms with Gasteiger partial charge in [-0.25, -0.2) is 4.79 Å². The molecule has 2 aromatic rings. The average Bonchev–Trinajstić information content (AvgIpc) is 3.15. The topological polar surface area (TPSA) is 88.4 Å². The maximum Gasteiger partial charge on any atom is 0.341 e. The van der Waals surface area contributed by atoms with Crippen molar-refractivity contribution in [1.29, 1.82) is 0 Å². The molecule has 1 aliphatic rings. The van der Waals surface area contributed by atoms with Crippen LogP contribution in [0.3, 0.4) is 0 Å². The molecule has 1 N–H and O–H groups in total. The largest absolute Gasteiger partial charge is 0.465 e. The maximum atomic E-state index is 12.6. The summed E-state index contributed by atoms with van der Waals surface area (Å²) < 4.78 is 10.2. The number of hydrogen-bond acceptors (Lipinski definition) is 5. The fraction of sp³-hybridized carbons (Fsp3) is 0.438. The van der Waals surface area contributed by atoms with E-state index in [9.17, 15) is 9.59 Å². The number of nitrogens with one attached hydrogen (secondary N) is 1. The number of hydrogen-bond donors (Lipinski definition) is 1. The van der Waals surface area contributed by atoms with Crippen molar-refractivity contribution in [3.05, 3.63) is 40.6 Å². The summed E-state index contributed by atoms with van der Waals surface area (Å²) in [5.41, 5.74) is 1.89. The summed E-state index contributed by atoms with van der Waals surface area (Å²) >= 11 is 0. The number of aromatic amines is 1. The lowest BCUT2D eigenvalue weighted by atomic mass is 10.1. The molecule has 7 nitrogen and oxygen atoms in total. The number of rotatable bonds is 5. The summed E-state index contributed by atoms with van der Waals surface area (Å²) in [6.07, 6.45) is 3.75. The second-order valence-corrected chi connectivity index (χ2v) is 5.81. The monoisotopic (exact) mass is 317 g/mol. The molecular formula is C16H19N3O4.